The van der Waals surface area contributed by atoms with Crippen LogP contribution in [0.15, 0.2) is 16.6 Å². The zero-order chi connectivity index (χ0) is 12.3. The van der Waals surface area contributed by atoms with Crippen LogP contribution in [0, 0.1) is 11.8 Å². The van der Waals surface area contributed by atoms with Crippen LogP contribution >= 0.6 is 11.6 Å². The van der Waals surface area contributed by atoms with Crippen LogP contribution in [0.25, 0.3) is 0 Å². The van der Waals surface area contributed by atoms with Crippen LogP contribution in [0.3, 0.4) is 0 Å². The summed E-state index contributed by atoms with van der Waals surface area (Å²) in [5.74, 6) is 2.73. The monoisotopic (exact) mass is 255 g/mol. The summed E-state index contributed by atoms with van der Waals surface area (Å²) in [6.45, 7) is 6.59. The van der Waals surface area contributed by atoms with E-state index in [0.29, 0.717) is 11.6 Å². The molecule has 1 heterocycles. The molecule has 1 aliphatic carbocycles. The third kappa shape index (κ3) is 3.15. The Bertz CT molecular complexity index is 300. The first kappa shape index (κ1) is 12.7. The summed E-state index contributed by atoms with van der Waals surface area (Å²) in [5, 5.41) is 3.89. The van der Waals surface area contributed by atoms with Crippen LogP contribution in [0.2, 0.25) is 0 Å². The molecule has 0 radical (unpaired) electrons. The molecular weight excluding hydrogens is 234 g/mol. The first-order valence-corrected chi connectivity index (χ1v) is 6.87. The average Bonchev–Trinajstić information content (AvgIpc) is 2.72. The van der Waals surface area contributed by atoms with Crippen molar-refractivity contribution in [1.29, 1.82) is 0 Å². The maximum absolute atomic E-state index is 5.78. The number of halogens is 1. The third-order valence-electron chi connectivity index (χ3n) is 3.93. The Morgan fingerprint density at radius 1 is 1.35 bits per heavy atom. The maximum Gasteiger partial charge on any atom is 0.193 e. The Morgan fingerprint density at radius 2 is 1.94 bits per heavy atom. The quantitative estimate of drug-likeness (QED) is 0.606. The highest BCUT2D eigenvalue weighted by Crippen LogP contribution is 2.35. The van der Waals surface area contributed by atoms with Gasteiger partial charge in [0.05, 0.1) is 6.54 Å². The number of hydrogen-bond donors (Lipinski definition) is 1. The highest BCUT2D eigenvalue weighted by atomic mass is 35.5. The summed E-state index contributed by atoms with van der Waals surface area (Å²) >= 11 is 5.78. The van der Waals surface area contributed by atoms with Crippen LogP contribution in [-0.4, -0.2) is 37.5 Å². The van der Waals surface area contributed by atoms with E-state index in [0.717, 1.165) is 30.9 Å². The van der Waals surface area contributed by atoms with Crippen LogP contribution in [0.5, 0.6) is 0 Å². The molecule has 0 aromatic carbocycles. The zero-order valence-corrected chi connectivity index (χ0v) is 11.3. The predicted octanol–water partition coefficient (Wildman–Crippen LogP) is 2.44. The van der Waals surface area contributed by atoms with Gasteiger partial charge in [-0.1, -0.05) is 31.0 Å². The molecular formula is C13H22ClN3. The smallest absolute Gasteiger partial charge is 0.193 e. The van der Waals surface area contributed by atoms with Crippen molar-refractivity contribution in [3.63, 3.8) is 0 Å². The zero-order valence-electron chi connectivity index (χ0n) is 10.6. The van der Waals surface area contributed by atoms with Gasteiger partial charge < -0.3 is 10.2 Å². The molecule has 0 aromatic heterocycles. The van der Waals surface area contributed by atoms with Crippen LogP contribution in [0.1, 0.15) is 25.7 Å². The lowest BCUT2D eigenvalue weighted by Gasteiger charge is -2.22. The summed E-state index contributed by atoms with van der Waals surface area (Å²) in [6, 6.07) is 0. The molecule has 0 aromatic rings. The van der Waals surface area contributed by atoms with E-state index in [1.165, 1.54) is 25.7 Å². The topological polar surface area (TPSA) is 27.6 Å². The molecule has 1 saturated carbocycles. The van der Waals surface area contributed by atoms with Crippen LogP contribution in [-0.2, 0) is 0 Å². The Labute approximate surface area is 109 Å². The second-order valence-electron chi connectivity index (χ2n) is 5.13. The number of aliphatic imine (C=N–C) groups is 1. The fourth-order valence-corrected chi connectivity index (χ4v) is 3.15. The second kappa shape index (κ2) is 5.76. The first-order chi connectivity index (χ1) is 8.20. The van der Waals surface area contributed by atoms with E-state index >= 15 is 0 Å². The Hall–Kier alpha value is -0.700. The molecule has 0 amide bonds. The summed E-state index contributed by atoms with van der Waals surface area (Å²) in [5.41, 5.74) is 0. The van der Waals surface area contributed by atoms with Gasteiger partial charge in [-0.2, -0.15) is 0 Å². The molecule has 96 valence electrons. The Morgan fingerprint density at radius 3 is 2.41 bits per heavy atom. The van der Waals surface area contributed by atoms with Gasteiger partial charge in [0.2, 0.25) is 0 Å². The molecule has 17 heavy (non-hydrogen) atoms. The molecule has 0 bridgehead atoms. The van der Waals surface area contributed by atoms with E-state index in [1.54, 1.807) is 0 Å². The molecule has 2 unspecified atom stereocenters. The highest BCUT2D eigenvalue weighted by molar-refractivity contribution is 6.29. The van der Waals surface area contributed by atoms with E-state index in [2.05, 4.69) is 21.8 Å². The molecule has 1 N–H and O–H groups in total. The largest absolute Gasteiger partial charge is 0.351 e. The summed E-state index contributed by atoms with van der Waals surface area (Å²) in [7, 11) is 1.83. The lowest BCUT2D eigenvalue weighted by Crippen LogP contribution is -2.40. The fourth-order valence-electron chi connectivity index (χ4n) is 3.09. The molecule has 0 spiro atoms. The van der Waals surface area contributed by atoms with Gasteiger partial charge in [0, 0.05) is 25.2 Å². The van der Waals surface area contributed by atoms with Gasteiger partial charge >= 0.3 is 0 Å². The van der Waals surface area contributed by atoms with Crippen molar-refractivity contribution >= 4 is 17.6 Å². The van der Waals surface area contributed by atoms with Crippen LogP contribution < -0.4 is 5.32 Å². The Balaban J connectivity index is 1.91. The first-order valence-electron chi connectivity index (χ1n) is 6.49. The molecule has 2 aliphatic rings. The van der Waals surface area contributed by atoms with Gasteiger partial charge in [-0.05, 0) is 24.7 Å². The SMILES string of the molecule is C=C(Cl)CNC(=NC)N1CC2CCCCC2C1. The van der Waals surface area contributed by atoms with Gasteiger partial charge in [0.25, 0.3) is 0 Å². The summed E-state index contributed by atoms with van der Waals surface area (Å²) in [6.07, 6.45) is 5.58. The van der Waals surface area contributed by atoms with Crippen molar-refractivity contribution in [3.05, 3.63) is 11.6 Å². The number of nitrogens with zero attached hydrogens (tertiary/aromatic N) is 2. The minimum absolute atomic E-state index is 0.597. The molecule has 4 heteroatoms. The fraction of sp³-hybridized carbons (Fsp3) is 0.769. The van der Waals surface area contributed by atoms with Crippen molar-refractivity contribution < 1.29 is 0 Å². The number of guanidine groups is 1. The molecule has 1 saturated heterocycles. The maximum atomic E-state index is 5.78. The normalized spacial score (nSPS) is 29.1. The number of likely N-dealkylation sites (tertiary alicyclic amines) is 1. The lowest BCUT2D eigenvalue weighted by atomic mass is 9.82. The van der Waals surface area contributed by atoms with Crippen molar-refractivity contribution in [2.45, 2.75) is 25.7 Å². The van der Waals surface area contributed by atoms with Gasteiger partial charge in [0.15, 0.2) is 5.96 Å². The summed E-state index contributed by atoms with van der Waals surface area (Å²) < 4.78 is 0. The number of hydrogen-bond acceptors (Lipinski definition) is 1. The molecule has 2 fully saturated rings. The van der Waals surface area contributed by atoms with Crippen molar-refractivity contribution in [2.75, 3.05) is 26.7 Å². The van der Waals surface area contributed by atoms with E-state index in [1.807, 2.05) is 7.05 Å². The van der Waals surface area contributed by atoms with E-state index in [4.69, 9.17) is 11.6 Å². The van der Waals surface area contributed by atoms with Gasteiger partial charge in [-0.3, -0.25) is 4.99 Å². The number of rotatable bonds is 2. The minimum Gasteiger partial charge on any atom is -0.351 e. The van der Waals surface area contributed by atoms with Gasteiger partial charge in [-0.15, -0.1) is 0 Å². The van der Waals surface area contributed by atoms with Gasteiger partial charge in [0.1, 0.15) is 0 Å². The third-order valence-corrected chi connectivity index (χ3v) is 4.06. The van der Waals surface area contributed by atoms with Crippen LogP contribution in [0.4, 0.5) is 0 Å². The van der Waals surface area contributed by atoms with E-state index in [9.17, 15) is 0 Å². The van der Waals surface area contributed by atoms with Crippen molar-refractivity contribution in [3.8, 4) is 0 Å². The van der Waals surface area contributed by atoms with E-state index in [-0.39, 0.29) is 0 Å². The van der Waals surface area contributed by atoms with E-state index < -0.39 is 0 Å². The molecule has 2 rings (SSSR count). The standard InChI is InChI=1S/C13H22ClN3/c1-10(14)7-16-13(15-2)17-8-11-5-3-4-6-12(11)9-17/h11-12H,1,3-9H2,2H3,(H,15,16). The number of nitrogens with one attached hydrogen (secondary N) is 1. The Kier molecular flexibility index (Phi) is 4.32. The molecule has 2 atom stereocenters. The predicted molar refractivity (Wildman–Crippen MR) is 73.4 cm³/mol. The summed E-state index contributed by atoms with van der Waals surface area (Å²) in [4.78, 5) is 6.71. The highest BCUT2D eigenvalue weighted by Gasteiger charge is 2.35. The second-order valence-corrected chi connectivity index (χ2v) is 5.66. The number of fused-ring (bicyclic) bond motifs is 1. The lowest BCUT2D eigenvalue weighted by molar-refractivity contribution is 0.299. The minimum atomic E-state index is 0.597. The molecule has 1 aliphatic heterocycles. The van der Waals surface area contributed by atoms with Crippen molar-refractivity contribution in [1.82, 2.24) is 10.2 Å². The molecule has 3 nitrogen and oxygen atoms in total. The average molecular weight is 256 g/mol. The van der Waals surface area contributed by atoms with Gasteiger partial charge in [-0.25, -0.2) is 0 Å². The van der Waals surface area contributed by atoms with Crippen molar-refractivity contribution in [2.24, 2.45) is 16.8 Å².